The summed E-state index contributed by atoms with van der Waals surface area (Å²) in [5.41, 5.74) is 3.74. The second-order valence-electron chi connectivity index (χ2n) is 6.59. The Kier molecular flexibility index (Phi) is 5.41. The number of aromatic amines is 1. The molecule has 0 saturated carbocycles. The molecule has 5 nitrogen and oxygen atoms in total. The highest BCUT2D eigenvalue weighted by Crippen LogP contribution is 2.22. The highest BCUT2D eigenvalue weighted by molar-refractivity contribution is 6.31. The van der Waals surface area contributed by atoms with E-state index in [0.717, 1.165) is 35.3 Å². The zero-order valence-electron chi connectivity index (χ0n) is 15.4. The predicted molar refractivity (Wildman–Crippen MR) is 112 cm³/mol. The van der Waals surface area contributed by atoms with E-state index in [0.29, 0.717) is 28.6 Å². The third kappa shape index (κ3) is 4.36. The van der Waals surface area contributed by atoms with Crippen LogP contribution in [0.25, 0.3) is 22.3 Å². The summed E-state index contributed by atoms with van der Waals surface area (Å²) < 4.78 is 13.1. The van der Waals surface area contributed by atoms with E-state index >= 15 is 0 Å². The monoisotopic (exact) mass is 405 g/mol. The first kappa shape index (κ1) is 18.9. The average Bonchev–Trinajstić information content (AvgIpc) is 3.13. The van der Waals surface area contributed by atoms with Gasteiger partial charge in [0.2, 0.25) is 0 Å². The number of nitrogens with zero attached hydrogens (tertiary/aromatic N) is 3. The van der Waals surface area contributed by atoms with Gasteiger partial charge in [-0.15, -0.1) is 0 Å². The molecule has 2 N–H and O–H groups in total. The number of hydrogen-bond donors (Lipinski definition) is 2. The summed E-state index contributed by atoms with van der Waals surface area (Å²) in [4.78, 5) is 12.4. The molecule has 29 heavy (non-hydrogen) atoms. The van der Waals surface area contributed by atoms with Crippen LogP contribution in [0.5, 0.6) is 0 Å². The number of aryl methyl sites for hydroxylation is 1. The van der Waals surface area contributed by atoms with Gasteiger partial charge in [0.1, 0.15) is 23.5 Å². The molecule has 144 valence electrons. The van der Waals surface area contributed by atoms with Crippen LogP contribution in [0, 0.1) is 17.1 Å². The number of rotatable bonds is 6. The quantitative estimate of drug-likeness (QED) is 0.425. The molecule has 4 rings (SSSR count). The summed E-state index contributed by atoms with van der Waals surface area (Å²) in [6.45, 7) is 0.631. The molecular formula is C22H17ClFN5. The largest absolute Gasteiger partial charge is 0.369 e. The number of hydrogen-bond acceptors (Lipinski definition) is 4. The number of pyridine rings is 1. The molecule has 2 heterocycles. The molecule has 0 amide bonds. The van der Waals surface area contributed by atoms with E-state index in [1.807, 2.05) is 18.2 Å². The Morgan fingerprint density at radius 3 is 2.69 bits per heavy atom. The number of nitrogens with one attached hydrogen (secondary N) is 2. The Bertz CT molecular complexity index is 1190. The Morgan fingerprint density at radius 1 is 1.07 bits per heavy atom. The van der Waals surface area contributed by atoms with Gasteiger partial charge in [-0.1, -0.05) is 11.6 Å². The zero-order valence-corrected chi connectivity index (χ0v) is 16.2. The highest BCUT2D eigenvalue weighted by Gasteiger charge is 2.08. The van der Waals surface area contributed by atoms with Crippen LogP contribution in [-0.2, 0) is 6.42 Å². The van der Waals surface area contributed by atoms with Crippen molar-refractivity contribution in [1.82, 2.24) is 15.0 Å². The average molecular weight is 406 g/mol. The molecule has 0 unspecified atom stereocenters. The molecule has 4 aromatic rings. The Morgan fingerprint density at radius 2 is 1.90 bits per heavy atom. The summed E-state index contributed by atoms with van der Waals surface area (Å²) in [6, 6.07) is 17.3. The summed E-state index contributed by atoms with van der Waals surface area (Å²) in [5.74, 6) is 1.11. The van der Waals surface area contributed by atoms with Crippen molar-refractivity contribution in [2.24, 2.45) is 0 Å². The first-order valence-corrected chi connectivity index (χ1v) is 9.55. The first-order chi connectivity index (χ1) is 14.1. The van der Waals surface area contributed by atoms with Gasteiger partial charge < -0.3 is 10.3 Å². The maximum atomic E-state index is 13.1. The van der Waals surface area contributed by atoms with Gasteiger partial charge in [-0.25, -0.2) is 14.4 Å². The molecule has 0 spiro atoms. The zero-order chi connectivity index (χ0) is 20.2. The molecule has 0 bridgehead atoms. The van der Waals surface area contributed by atoms with E-state index in [9.17, 15) is 9.65 Å². The van der Waals surface area contributed by atoms with Crippen LogP contribution in [0.3, 0.4) is 0 Å². The molecule has 7 heteroatoms. The van der Waals surface area contributed by atoms with Crippen LogP contribution >= 0.6 is 11.6 Å². The number of nitriles is 1. The lowest BCUT2D eigenvalue weighted by atomic mass is 10.1. The predicted octanol–water partition coefficient (Wildman–Crippen LogP) is 5.33. The van der Waals surface area contributed by atoms with E-state index < -0.39 is 0 Å². The second kappa shape index (κ2) is 8.29. The number of benzene rings is 2. The van der Waals surface area contributed by atoms with E-state index in [1.54, 1.807) is 24.3 Å². The third-order valence-electron chi connectivity index (χ3n) is 4.53. The SMILES string of the molecule is N#Cc1ccc(-c2ccc(F)cc2)nc1NCCCc1nc2ccc(Cl)cc2[nH]1. The smallest absolute Gasteiger partial charge is 0.144 e. The van der Waals surface area contributed by atoms with Gasteiger partial charge in [0.25, 0.3) is 0 Å². The summed E-state index contributed by atoms with van der Waals surface area (Å²) >= 11 is 6.01. The molecule has 0 atom stereocenters. The van der Waals surface area contributed by atoms with Gasteiger partial charge in [0.15, 0.2) is 0 Å². The van der Waals surface area contributed by atoms with Gasteiger partial charge in [-0.05, 0) is 61.0 Å². The van der Waals surface area contributed by atoms with E-state index in [1.165, 1.54) is 12.1 Å². The standard InChI is InChI=1S/C22H17ClFN5/c23-16-6-10-19-20(12-16)28-21(27-19)2-1-11-26-22-15(13-25)5-9-18(29-22)14-3-7-17(24)8-4-14/h3-10,12H,1-2,11H2,(H,26,29)(H,27,28). The normalized spacial score (nSPS) is 10.8. The fourth-order valence-electron chi connectivity index (χ4n) is 3.08. The number of fused-ring (bicyclic) bond motifs is 1. The van der Waals surface area contributed by atoms with Crippen molar-refractivity contribution in [3.05, 3.63) is 76.8 Å². The van der Waals surface area contributed by atoms with Crippen molar-refractivity contribution >= 4 is 28.5 Å². The fraction of sp³-hybridized carbons (Fsp3) is 0.136. The van der Waals surface area contributed by atoms with Crippen LogP contribution < -0.4 is 5.32 Å². The van der Waals surface area contributed by atoms with Crippen LogP contribution in [-0.4, -0.2) is 21.5 Å². The van der Waals surface area contributed by atoms with Crippen molar-refractivity contribution in [1.29, 1.82) is 5.26 Å². The van der Waals surface area contributed by atoms with E-state index in [2.05, 4.69) is 26.3 Å². The molecule has 2 aromatic heterocycles. The first-order valence-electron chi connectivity index (χ1n) is 9.17. The lowest BCUT2D eigenvalue weighted by Gasteiger charge is -2.09. The number of anilines is 1. The van der Waals surface area contributed by atoms with Gasteiger partial charge in [-0.3, -0.25) is 0 Å². The van der Waals surface area contributed by atoms with Gasteiger partial charge in [0.05, 0.1) is 22.3 Å². The minimum atomic E-state index is -0.298. The van der Waals surface area contributed by atoms with Crippen molar-refractivity contribution in [2.45, 2.75) is 12.8 Å². The number of aromatic nitrogens is 3. The highest BCUT2D eigenvalue weighted by atomic mass is 35.5. The lowest BCUT2D eigenvalue weighted by molar-refractivity contribution is 0.628. The summed E-state index contributed by atoms with van der Waals surface area (Å²) in [5, 5.41) is 13.2. The topological polar surface area (TPSA) is 77.4 Å². The molecule has 0 fully saturated rings. The van der Waals surface area contributed by atoms with Gasteiger partial charge >= 0.3 is 0 Å². The molecule has 0 aliphatic rings. The van der Waals surface area contributed by atoms with Crippen molar-refractivity contribution in [3.63, 3.8) is 0 Å². The van der Waals surface area contributed by atoms with Gasteiger partial charge in [0, 0.05) is 23.6 Å². The van der Waals surface area contributed by atoms with E-state index in [-0.39, 0.29) is 5.82 Å². The minimum absolute atomic E-state index is 0.298. The van der Waals surface area contributed by atoms with Crippen LogP contribution in [0.2, 0.25) is 5.02 Å². The molecule has 0 aliphatic heterocycles. The third-order valence-corrected chi connectivity index (χ3v) is 4.77. The fourth-order valence-corrected chi connectivity index (χ4v) is 3.25. The van der Waals surface area contributed by atoms with Gasteiger partial charge in [-0.2, -0.15) is 5.26 Å². The summed E-state index contributed by atoms with van der Waals surface area (Å²) in [6.07, 6.45) is 1.56. The Balaban J connectivity index is 1.42. The van der Waals surface area contributed by atoms with Crippen molar-refractivity contribution < 1.29 is 4.39 Å². The van der Waals surface area contributed by atoms with Crippen molar-refractivity contribution in [2.75, 3.05) is 11.9 Å². The number of H-pyrrole nitrogens is 1. The van der Waals surface area contributed by atoms with E-state index in [4.69, 9.17) is 11.6 Å². The maximum Gasteiger partial charge on any atom is 0.144 e. The lowest BCUT2D eigenvalue weighted by Crippen LogP contribution is -2.07. The van der Waals surface area contributed by atoms with Crippen molar-refractivity contribution in [3.8, 4) is 17.3 Å². The van der Waals surface area contributed by atoms with Crippen LogP contribution in [0.1, 0.15) is 17.8 Å². The second-order valence-corrected chi connectivity index (χ2v) is 7.02. The molecule has 2 aromatic carbocycles. The molecule has 0 radical (unpaired) electrons. The Hall–Kier alpha value is -3.43. The molecule has 0 saturated heterocycles. The maximum absolute atomic E-state index is 13.1. The number of halogens is 2. The number of imidazole rings is 1. The minimum Gasteiger partial charge on any atom is -0.369 e. The summed E-state index contributed by atoms with van der Waals surface area (Å²) in [7, 11) is 0. The molecule has 0 aliphatic carbocycles. The molecular weight excluding hydrogens is 389 g/mol. The Labute approximate surface area is 172 Å². The van der Waals surface area contributed by atoms with Crippen LogP contribution in [0.15, 0.2) is 54.6 Å². The van der Waals surface area contributed by atoms with Crippen LogP contribution in [0.4, 0.5) is 10.2 Å².